The standard InChI is InChI=1S/C36H48N6O5S/c1-27-12-14-30(15-13-27)48(45,46)42-24-29(31-10-6-7-11-33(31)42)23-40-17-16-36(26-40,25-37-2)39-34(43)32(22-28-8-4-3-5-9-28)38-35(44)41-18-20-47-21-19-41/h6-7,10-15,24,28,32H,2-5,8-9,16-23,25-26H2,1H3,(H,38,44)(H,39,43)/t32-,36?/m0/s1. The van der Waals surface area contributed by atoms with Gasteiger partial charge in [-0.15, -0.1) is 0 Å². The number of fused-ring (bicyclic) bond motifs is 1. The first-order valence-electron chi connectivity index (χ1n) is 17.2. The zero-order chi connectivity index (χ0) is 33.7. The van der Waals surface area contributed by atoms with Crippen LogP contribution in [-0.2, 0) is 26.1 Å². The number of carbonyl (C=O) groups excluding carboxylic acids is 2. The van der Waals surface area contributed by atoms with Crippen LogP contribution in [0.1, 0.15) is 56.1 Å². The summed E-state index contributed by atoms with van der Waals surface area (Å²) in [4.78, 5) is 35.7. The second-order valence-corrected chi connectivity index (χ2v) is 15.6. The Hall–Kier alpha value is -3.74. The number of aromatic nitrogens is 1. The van der Waals surface area contributed by atoms with E-state index in [4.69, 9.17) is 4.74 Å². The van der Waals surface area contributed by atoms with Crippen LogP contribution in [-0.4, -0.2) is 98.4 Å². The summed E-state index contributed by atoms with van der Waals surface area (Å²) < 4.78 is 34.3. The zero-order valence-electron chi connectivity index (χ0n) is 27.9. The van der Waals surface area contributed by atoms with E-state index in [2.05, 4.69) is 27.2 Å². The summed E-state index contributed by atoms with van der Waals surface area (Å²) in [7, 11) is -3.81. The number of carbonyl (C=O) groups is 2. The molecule has 1 unspecified atom stereocenters. The third kappa shape index (κ3) is 7.61. The van der Waals surface area contributed by atoms with Gasteiger partial charge in [-0.1, -0.05) is 68.0 Å². The molecule has 12 heteroatoms. The maximum Gasteiger partial charge on any atom is 0.318 e. The number of likely N-dealkylation sites (tertiary alicyclic amines) is 1. The molecular formula is C36H48N6O5S. The number of aliphatic imine (C=N–C) groups is 1. The summed E-state index contributed by atoms with van der Waals surface area (Å²) in [5.74, 6) is 0.204. The second-order valence-electron chi connectivity index (χ2n) is 13.7. The van der Waals surface area contributed by atoms with Gasteiger partial charge in [0.1, 0.15) is 6.04 Å². The molecule has 2 saturated heterocycles. The van der Waals surface area contributed by atoms with Crippen molar-refractivity contribution in [1.82, 2.24) is 24.4 Å². The molecule has 1 aliphatic carbocycles. The number of ether oxygens (including phenoxy) is 1. The Balaban J connectivity index is 1.19. The van der Waals surface area contributed by atoms with Crippen molar-refractivity contribution in [3.8, 4) is 0 Å². The Labute approximate surface area is 283 Å². The Morgan fingerprint density at radius 3 is 2.50 bits per heavy atom. The van der Waals surface area contributed by atoms with Gasteiger partial charge in [-0.05, 0) is 56.2 Å². The minimum absolute atomic E-state index is 0.187. The molecule has 3 aliphatic rings. The number of nitrogens with one attached hydrogen (secondary N) is 2. The van der Waals surface area contributed by atoms with Crippen LogP contribution < -0.4 is 10.6 Å². The number of benzene rings is 2. The lowest BCUT2D eigenvalue weighted by molar-refractivity contribution is -0.125. The predicted octanol–water partition coefficient (Wildman–Crippen LogP) is 4.33. The van der Waals surface area contributed by atoms with Gasteiger partial charge in [0.25, 0.3) is 10.0 Å². The summed E-state index contributed by atoms with van der Waals surface area (Å²) in [6.07, 6.45) is 8.65. The quantitative estimate of drug-likeness (QED) is 0.292. The number of nitrogens with zero attached hydrogens (tertiary/aromatic N) is 4. The van der Waals surface area contributed by atoms with Crippen molar-refractivity contribution in [1.29, 1.82) is 0 Å². The van der Waals surface area contributed by atoms with Gasteiger partial charge in [-0.25, -0.2) is 17.2 Å². The van der Waals surface area contributed by atoms with Crippen molar-refractivity contribution in [2.75, 3.05) is 45.9 Å². The number of morpholine rings is 1. The largest absolute Gasteiger partial charge is 0.378 e. The lowest BCUT2D eigenvalue weighted by Crippen LogP contribution is -2.60. The highest BCUT2D eigenvalue weighted by molar-refractivity contribution is 7.90. The van der Waals surface area contributed by atoms with Crippen molar-refractivity contribution >= 4 is 39.6 Å². The fourth-order valence-electron chi connectivity index (χ4n) is 7.53. The Bertz CT molecular complexity index is 1710. The van der Waals surface area contributed by atoms with E-state index in [0.717, 1.165) is 42.2 Å². The second kappa shape index (κ2) is 14.8. The van der Waals surface area contributed by atoms with Gasteiger partial charge in [0.15, 0.2) is 0 Å². The molecule has 258 valence electrons. The molecule has 2 N–H and O–H groups in total. The van der Waals surface area contributed by atoms with Crippen molar-refractivity contribution in [3.63, 3.8) is 0 Å². The molecule has 3 fully saturated rings. The molecule has 0 radical (unpaired) electrons. The fourth-order valence-corrected chi connectivity index (χ4v) is 8.92. The lowest BCUT2D eigenvalue weighted by Gasteiger charge is -2.34. The number of rotatable bonds is 11. The maximum atomic E-state index is 14.1. The van der Waals surface area contributed by atoms with Crippen LogP contribution in [0.2, 0.25) is 0 Å². The van der Waals surface area contributed by atoms with Crippen LogP contribution in [0.25, 0.3) is 10.9 Å². The Kier molecular flexibility index (Phi) is 10.5. The average molecular weight is 677 g/mol. The highest BCUT2D eigenvalue weighted by atomic mass is 32.2. The van der Waals surface area contributed by atoms with E-state index in [1.807, 2.05) is 31.2 Å². The Morgan fingerprint density at radius 1 is 1.04 bits per heavy atom. The smallest absolute Gasteiger partial charge is 0.318 e. The number of amides is 3. The molecule has 1 aromatic heterocycles. The van der Waals surface area contributed by atoms with E-state index >= 15 is 0 Å². The minimum atomic E-state index is -3.81. The van der Waals surface area contributed by atoms with Crippen LogP contribution >= 0.6 is 0 Å². The average Bonchev–Trinajstić information content (AvgIpc) is 3.67. The summed E-state index contributed by atoms with van der Waals surface area (Å²) in [5, 5.41) is 7.27. The molecule has 2 aliphatic heterocycles. The summed E-state index contributed by atoms with van der Waals surface area (Å²) >= 11 is 0. The molecule has 2 atom stereocenters. The summed E-state index contributed by atoms with van der Waals surface area (Å²) in [5.41, 5.74) is 1.86. The van der Waals surface area contributed by atoms with E-state index in [0.29, 0.717) is 76.8 Å². The zero-order valence-corrected chi connectivity index (χ0v) is 28.7. The molecule has 3 heterocycles. The fraction of sp³-hybridized carbons (Fsp3) is 0.528. The Morgan fingerprint density at radius 2 is 1.77 bits per heavy atom. The topological polar surface area (TPSA) is 125 Å². The minimum Gasteiger partial charge on any atom is -0.378 e. The van der Waals surface area contributed by atoms with Gasteiger partial charge in [0.05, 0.1) is 35.7 Å². The van der Waals surface area contributed by atoms with Crippen LogP contribution in [0.15, 0.2) is 64.6 Å². The van der Waals surface area contributed by atoms with Crippen LogP contribution in [0.3, 0.4) is 0 Å². The van der Waals surface area contributed by atoms with E-state index in [1.54, 1.807) is 35.4 Å². The molecule has 2 aromatic carbocycles. The van der Waals surface area contributed by atoms with Crippen LogP contribution in [0, 0.1) is 12.8 Å². The van der Waals surface area contributed by atoms with Crippen molar-refractivity contribution in [2.24, 2.45) is 10.9 Å². The van der Waals surface area contributed by atoms with Crippen molar-refractivity contribution < 1.29 is 22.7 Å². The van der Waals surface area contributed by atoms with Crippen molar-refractivity contribution in [3.05, 3.63) is 65.9 Å². The summed E-state index contributed by atoms with van der Waals surface area (Å²) in [6.45, 7) is 9.74. The van der Waals surface area contributed by atoms with Gasteiger partial charge in [0.2, 0.25) is 5.91 Å². The van der Waals surface area contributed by atoms with E-state index in [-0.39, 0.29) is 16.8 Å². The number of urea groups is 1. The van der Waals surface area contributed by atoms with Gasteiger partial charge in [0, 0.05) is 44.3 Å². The lowest BCUT2D eigenvalue weighted by atomic mass is 9.84. The number of hydrogen-bond donors (Lipinski definition) is 2. The molecule has 6 rings (SSSR count). The predicted molar refractivity (Wildman–Crippen MR) is 187 cm³/mol. The SMILES string of the molecule is C=NCC1(NC(=O)[C@H](CC2CCCCC2)NC(=O)N2CCOCC2)CCN(Cc2cn(S(=O)(=O)c3ccc(C)cc3)c3ccccc23)C1. The van der Waals surface area contributed by atoms with Gasteiger partial charge in [-0.3, -0.25) is 14.7 Å². The molecule has 0 spiro atoms. The highest BCUT2D eigenvalue weighted by Crippen LogP contribution is 2.31. The number of hydrogen-bond acceptors (Lipinski definition) is 7. The van der Waals surface area contributed by atoms with Gasteiger partial charge >= 0.3 is 6.03 Å². The number of para-hydroxylation sites is 1. The molecule has 0 bridgehead atoms. The van der Waals surface area contributed by atoms with Crippen LogP contribution in [0.4, 0.5) is 4.79 Å². The third-order valence-corrected chi connectivity index (χ3v) is 11.9. The number of aryl methyl sites for hydroxylation is 1. The van der Waals surface area contributed by atoms with Crippen molar-refractivity contribution in [2.45, 2.75) is 74.9 Å². The molecule has 1 saturated carbocycles. The van der Waals surface area contributed by atoms with Gasteiger partial charge < -0.3 is 20.3 Å². The molecule has 3 aromatic rings. The molecule has 11 nitrogen and oxygen atoms in total. The van der Waals surface area contributed by atoms with E-state index in [9.17, 15) is 18.0 Å². The summed E-state index contributed by atoms with van der Waals surface area (Å²) in [6, 6.07) is 13.6. The first kappa shape index (κ1) is 34.1. The molecule has 3 amide bonds. The van der Waals surface area contributed by atoms with E-state index < -0.39 is 21.6 Å². The first-order chi connectivity index (χ1) is 23.2. The third-order valence-electron chi connectivity index (χ3n) is 10.2. The van der Waals surface area contributed by atoms with Gasteiger partial charge in [-0.2, -0.15) is 0 Å². The normalized spacial score (nSPS) is 21.6. The molecular weight excluding hydrogens is 628 g/mol. The first-order valence-corrected chi connectivity index (χ1v) is 18.6. The van der Waals surface area contributed by atoms with Crippen LogP contribution in [0.5, 0.6) is 0 Å². The van der Waals surface area contributed by atoms with E-state index in [1.165, 1.54) is 10.4 Å². The monoisotopic (exact) mass is 676 g/mol. The molecule has 48 heavy (non-hydrogen) atoms. The maximum absolute atomic E-state index is 14.1. The highest BCUT2D eigenvalue weighted by Gasteiger charge is 2.41.